The van der Waals surface area contributed by atoms with Gasteiger partial charge in [-0.1, -0.05) is 0 Å². The Bertz CT molecular complexity index is 955. The Morgan fingerprint density at radius 1 is 0.938 bits per heavy atom. The highest BCUT2D eigenvalue weighted by molar-refractivity contribution is 8.00. The van der Waals surface area contributed by atoms with Gasteiger partial charge in [0.15, 0.2) is 0 Å². The summed E-state index contributed by atoms with van der Waals surface area (Å²) in [6.07, 6.45) is 2.49. The number of rotatable bonds is 4. The van der Waals surface area contributed by atoms with E-state index in [2.05, 4.69) is 15.0 Å². The van der Waals surface area contributed by atoms with Gasteiger partial charge in [-0.25, -0.2) is 14.6 Å². The van der Waals surface area contributed by atoms with Crippen molar-refractivity contribution < 1.29 is 20.4 Å². The molecule has 8 N–H and O–H groups in total. The normalized spacial score (nSPS) is 29.5. The first kappa shape index (κ1) is 24.5. The molecule has 0 amide bonds. The van der Waals surface area contributed by atoms with Gasteiger partial charge >= 0.3 is 11.4 Å². The number of aromatic nitrogens is 5. The fourth-order valence-electron chi connectivity index (χ4n) is 3.30. The molecule has 176 valence electrons. The molecule has 2 aromatic rings. The van der Waals surface area contributed by atoms with Crippen LogP contribution in [0.2, 0.25) is 0 Å². The smallest absolute Gasteiger partial charge is 0.353 e. The quantitative estimate of drug-likeness (QED) is 0.269. The number of nitrogen functional groups attached to an aromatic ring is 2. The minimum absolute atomic E-state index is 0.0662. The average Bonchev–Trinajstić information content (AvgIpc) is 3.30. The summed E-state index contributed by atoms with van der Waals surface area (Å²) in [4.78, 5) is 33.9. The van der Waals surface area contributed by atoms with Crippen LogP contribution < -0.4 is 22.8 Å². The van der Waals surface area contributed by atoms with Gasteiger partial charge < -0.3 is 31.9 Å². The van der Waals surface area contributed by atoms with Crippen molar-refractivity contribution in [3.8, 4) is 0 Å². The molecule has 0 bridgehead atoms. The Morgan fingerprint density at radius 2 is 1.47 bits per heavy atom. The third-order valence-electron chi connectivity index (χ3n) is 4.99. The molecular weight excluding hydrogens is 462 g/mol. The van der Waals surface area contributed by atoms with Crippen molar-refractivity contribution in [2.45, 2.75) is 46.3 Å². The van der Waals surface area contributed by atoms with E-state index in [0.717, 1.165) is 0 Å². The van der Waals surface area contributed by atoms with Crippen LogP contribution in [0.15, 0.2) is 28.2 Å². The molecule has 2 saturated heterocycles. The molecule has 2 aliphatic rings. The summed E-state index contributed by atoms with van der Waals surface area (Å²) in [6.45, 7) is -0.216. The van der Waals surface area contributed by atoms with Crippen LogP contribution in [0.4, 0.5) is 11.8 Å². The Kier molecular flexibility index (Phi) is 8.13. The monoisotopic (exact) mass is 487 g/mol. The van der Waals surface area contributed by atoms with Crippen LogP contribution >= 0.6 is 23.5 Å². The maximum Gasteiger partial charge on any atom is 0.353 e. The van der Waals surface area contributed by atoms with Crippen LogP contribution in [0.3, 0.4) is 0 Å². The van der Waals surface area contributed by atoms with E-state index in [9.17, 15) is 19.8 Å². The highest BCUT2D eigenvalue weighted by atomic mass is 32.2. The number of hydrogen-bond acceptors (Lipinski definition) is 13. The lowest BCUT2D eigenvalue weighted by Crippen LogP contribution is -2.26. The molecule has 0 unspecified atom stereocenters. The van der Waals surface area contributed by atoms with E-state index in [1.54, 1.807) is 12.3 Å². The predicted octanol–water partition coefficient (Wildman–Crippen LogP) is -2.24. The average molecular weight is 488 g/mol. The Balaban J connectivity index is 0.000000181. The maximum absolute atomic E-state index is 11.5. The summed E-state index contributed by atoms with van der Waals surface area (Å²) in [6, 6.07) is 1.54. The molecule has 0 radical (unpaired) electrons. The van der Waals surface area contributed by atoms with Crippen LogP contribution in [-0.2, 0) is 0 Å². The third kappa shape index (κ3) is 5.60. The van der Waals surface area contributed by atoms with Crippen molar-refractivity contribution in [3.63, 3.8) is 0 Å². The van der Waals surface area contributed by atoms with Gasteiger partial charge in [0.05, 0.1) is 46.7 Å². The van der Waals surface area contributed by atoms with Crippen molar-refractivity contribution >= 4 is 35.3 Å². The van der Waals surface area contributed by atoms with Crippen molar-refractivity contribution in [1.29, 1.82) is 0 Å². The van der Waals surface area contributed by atoms with E-state index in [1.165, 1.54) is 39.0 Å². The van der Waals surface area contributed by atoms with Gasteiger partial charge in [0.2, 0.25) is 5.95 Å². The first-order valence-electron chi connectivity index (χ1n) is 9.67. The van der Waals surface area contributed by atoms with Gasteiger partial charge in [-0.05, 0) is 6.07 Å². The van der Waals surface area contributed by atoms with Crippen molar-refractivity contribution in [1.82, 2.24) is 24.1 Å². The summed E-state index contributed by atoms with van der Waals surface area (Å²) in [5.74, 6) is 0.118. The summed E-state index contributed by atoms with van der Waals surface area (Å²) in [5.41, 5.74) is 9.74. The van der Waals surface area contributed by atoms with Gasteiger partial charge in [0.1, 0.15) is 12.1 Å². The first-order chi connectivity index (χ1) is 15.2. The number of nitrogens with two attached hydrogens (primary N) is 2. The van der Waals surface area contributed by atoms with Crippen molar-refractivity contribution in [3.05, 3.63) is 39.6 Å². The molecule has 32 heavy (non-hydrogen) atoms. The number of aliphatic hydroxyl groups excluding tert-OH is 4. The van der Waals surface area contributed by atoms with Crippen LogP contribution in [0.1, 0.15) is 23.6 Å². The highest BCUT2D eigenvalue weighted by Gasteiger charge is 2.35. The number of anilines is 2. The molecule has 2 fully saturated rings. The van der Waals surface area contributed by atoms with Crippen LogP contribution in [0, 0.1) is 0 Å². The van der Waals surface area contributed by atoms with Crippen molar-refractivity contribution in [2.75, 3.05) is 24.7 Å². The highest BCUT2D eigenvalue weighted by Crippen LogP contribution is 2.41. The van der Waals surface area contributed by atoms with E-state index in [4.69, 9.17) is 21.7 Å². The number of thioether (sulfide) groups is 2. The van der Waals surface area contributed by atoms with E-state index >= 15 is 0 Å². The number of nitrogens with zero attached hydrogens (tertiary/aromatic N) is 5. The molecule has 15 heteroatoms. The Morgan fingerprint density at radius 3 is 1.94 bits per heavy atom. The SMILES string of the molecule is Nc1ccn([C@H]2C[C@H](O)[C@@H](CO)S2)c(=O)n1.Nc1ncn([C@H]2C[C@H](O)[C@@H](CO)S2)c(=O)n1. The summed E-state index contributed by atoms with van der Waals surface area (Å²) in [5, 5.41) is 36.3. The summed E-state index contributed by atoms with van der Waals surface area (Å²) in [7, 11) is 0. The van der Waals surface area contributed by atoms with Gasteiger partial charge in [-0.15, -0.1) is 23.5 Å². The minimum atomic E-state index is -0.621. The standard InChI is InChI=1S/C9H13N3O3S.C8H12N4O3S/c10-7-1-2-12(9(15)11-7)8-3-5(14)6(4-13)16-8;9-7-10-3-12(8(15)11-7)6-1-4(14)5(2-13)16-6/h1-2,5-6,8,13-14H,3-4H2,(H2,10,11,15);3-6,13-14H,1-2H2,(H2,9,11,15)/t5-,6+,8+;4-,5+,6+/m00/s1. The molecule has 0 saturated carbocycles. The lowest BCUT2D eigenvalue weighted by atomic mass is 10.2. The van der Waals surface area contributed by atoms with Gasteiger partial charge in [-0.2, -0.15) is 9.97 Å². The molecule has 0 aromatic carbocycles. The zero-order chi connectivity index (χ0) is 23.4. The lowest BCUT2D eigenvalue weighted by molar-refractivity contribution is 0.137. The maximum atomic E-state index is 11.5. The number of hydrogen-bond donors (Lipinski definition) is 6. The fraction of sp³-hybridized carbons (Fsp3) is 0.588. The molecular formula is C17H25N7O6S2. The topological polar surface area (TPSA) is 216 Å². The molecule has 0 spiro atoms. The van der Waals surface area contributed by atoms with Crippen LogP contribution in [-0.4, -0.2) is 80.4 Å². The molecule has 2 aliphatic heterocycles. The van der Waals surface area contributed by atoms with Gasteiger partial charge in [0, 0.05) is 19.0 Å². The zero-order valence-electron chi connectivity index (χ0n) is 16.8. The Hall–Kier alpha value is -2.17. The summed E-state index contributed by atoms with van der Waals surface area (Å²) >= 11 is 2.71. The molecule has 0 aliphatic carbocycles. The zero-order valence-corrected chi connectivity index (χ0v) is 18.5. The first-order valence-corrected chi connectivity index (χ1v) is 11.6. The minimum Gasteiger partial charge on any atom is -0.395 e. The van der Waals surface area contributed by atoms with Crippen LogP contribution in [0.5, 0.6) is 0 Å². The second kappa shape index (κ2) is 10.6. The van der Waals surface area contributed by atoms with E-state index < -0.39 is 23.6 Å². The molecule has 6 atom stereocenters. The van der Waals surface area contributed by atoms with Crippen LogP contribution in [0.25, 0.3) is 0 Å². The summed E-state index contributed by atoms with van der Waals surface area (Å²) < 4.78 is 2.75. The van der Waals surface area contributed by atoms with Gasteiger partial charge in [0.25, 0.3) is 0 Å². The van der Waals surface area contributed by atoms with Crippen molar-refractivity contribution in [2.24, 2.45) is 0 Å². The molecule has 4 heterocycles. The lowest BCUT2D eigenvalue weighted by Gasteiger charge is -2.12. The predicted molar refractivity (Wildman–Crippen MR) is 120 cm³/mol. The second-order valence-corrected chi connectivity index (χ2v) is 10.0. The fourth-order valence-corrected chi connectivity index (χ4v) is 6.05. The Labute approximate surface area is 190 Å². The number of aliphatic hydroxyl groups is 4. The molecule has 2 aromatic heterocycles. The molecule has 13 nitrogen and oxygen atoms in total. The van der Waals surface area contributed by atoms with E-state index in [1.807, 2.05) is 0 Å². The van der Waals surface area contributed by atoms with E-state index in [-0.39, 0.29) is 46.2 Å². The third-order valence-corrected chi connectivity index (χ3v) is 8.08. The van der Waals surface area contributed by atoms with E-state index in [0.29, 0.717) is 12.8 Å². The molecule has 4 rings (SSSR count). The van der Waals surface area contributed by atoms with Gasteiger partial charge in [-0.3, -0.25) is 9.13 Å². The second-order valence-electron chi connectivity index (χ2n) is 7.18. The largest absolute Gasteiger partial charge is 0.395 e.